The van der Waals surface area contributed by atoms with Gasteiger partial charge in [0.1, 0.15) is 8.07 Å². The minimum atomic E-state index is -2.86. The molecule has 9 rings (SSSR count). The largest absolute Gasteiger partial charge is 0.145 e. The molecule has 0 amide bonds. The zero-order valence-corrected chi connectivity index (χ0v) is 48.9. The molecule has 0 radical (unpaired) electrons. The Hall–Kier alpha value is -4.46. The van der Waals surface area contributed by atoms with Crippen LogP contribution in [0.2, 0.25) is 6.55 Å². The Bertz CT molecular complexity index is 2630. The predicted molar refractivity (Wildman–Crippen MR) is 313 cm³/mol. The third kappa shape index (κ3) is 9.20. The topological polar surface area (TPSA) is 0 Å². The molecule has 0 saturated carbocycles. The molecule has 0 unspecified atom stereocenters. The summed E-state index contributed by atoms with van der Waals surface area (Å²) in [6.45, 7) is 47.1. The Labute approximate surface area is 433 Å². The van der Waals surface area contributed by atoms with Crippen molar-refractivity contribution >= 4 is 23.6 Å². The number of hydrogen-bond donors (Lipinski definition) is 0. The fourth-order valence-corrected chi connectivity index (χ4v) is 19.1. The van der Waals surface area contributed by atoms with E-state index in [1.54, 1.807) is 16.7 Å². The van der Waals surface area contributed by atoms with Gasteiger partial charge in [-0.1, -0.05) is 259 Å². The van der Waals surface area contributed by atoms with Crippen molar-refractivity contribution in [2.45, 2.75) is 186 Å². The molecule has 0 heterocycles. The minimum Gasteiger partial charge on any atom is -0.0619 e. The van der Waals surface area contributed by atoms with Gasteiger partial charge in [0.25, 0.3) is 0 Å². The molecule has 0 bridgehead atoms. The third-order valence-corrected chi connectivity index (χ3v) is 20.9. The van der Waals surface area contributed by atoms with Crippen LogP contribution in [0.3, 0.4) is 0 Å². The van der Waals surface area contributed by atoms with Crippen molar-refractivity contribution in [2.75, 3.05) is 0 Å². The van der Waals surface area contributed by atoms with E-state index in [1.165, 1.54) is 65.6 Å². The summed E-state index contributed by atoms with van der Waals surface area (Å²) in [6, 6.07) is 52.3. The molecule has 0 spiro atoms. The van der Waals surface area contributed by atoms with Gasteiger partial charge in [0.2, 0.25) is 0 Å². The molecule has 1 heteroatoms. The van der Waals surface area contributed by atoms with Crippen LogP contribution >= 0.6 is 0 Å². The summed E-state index contributed by atoms with van der Waals surface area (Å²) in [5, 5.41) is 4.57. The summed E-state index contributed by atoms with van der Waals surface area (Å²) in [5.41, 5.74) is 18.2. The molecule has 0 fully saturated rings. The van der Waals surface area contributed by atoms with Crippen molar-refractivity contribution in [3.63, 3.8) is 0 Å². The summed E-state index contributed by atoms with van der Waals surface area (Å²) in [6.07, 6.45) is 6.59. The fraction of sp³-hybridized carbons (Fsp3) is 0.486. The lowest BCUT2D eigenvalue weighted by atomic mass is 9.62. The average Bonchev–Trinajstić information content (AvgIpc) is 3.75. The third-order valence-electron chi connectivity index (χ3n) is 16.5. The Morgan fingerprint density at radius 3 is 0.676 bits per heavy atom. The summed E-state index contributed by atoms with van der Waals surface area (Å²) in [5.74, 6) is 0. The van der Waals surface area contributed by atoms with Gasteiger partial charge in [-0.2, -0.15) is 0 Å². The predicted octanol–water partition coefficient (Wildman–Crippen LogP) is 18.2. The normalized spacial score (nSPS) is 16.8. The number of rotatable bonds is 9. The lowest BCUT2D eigenvalue weighted by Gasteiger charge is -2.43. The molecule has 374 valence electrons. The van der Waals surface area contributed by atoms with E-state index < -0.39 is 8.07 Å². The first-order chi connectivity index (χ1) is 32.7. The second kappa shape index (κ2) is 16.8. The summed E-state index contributed by atoms with van der Waals surface area (Å²) in [4.78, 5) is 0. The summed E-state index contributed by atoms with van der Waals surface area (Å²) >= 11 is 0. The molecule has 0 atom stereocenters. The van der Waals surface area contributed by atoms with Crippen LogP contribution in [0.25, 0.3) is 33.4 Å². The van der Waals surface area contributed by atoms with Crippen LogP contribution in [0.1, 0.15) is 197 Å². The van der Waals surface area contributed by atoms with Crippen molar-refractivity contribution in [1.29, 1.82) is 0 Å². The lowest BCUT2D eigenvalue weighted by Crippen LogP contribution is -2.65. The first-order valence-electron chi connectivity index (χ1n) is 27.4. The molecule has 0 aromatic heterocycles. The number of fused-ring (bicyclic) bond motifs is 9. The van der Waals surface area contributed by atoms with Crippen molar-refractivity contribution in [3.05, 3.63) is 161 Å². The fourth-order valence-electron chi connectivity index (χ4n) is 15.6. The quantitative estimate of drug-likeness (QED) is 0.100. The molecule has 6 aromatic rings. The number of benzene rings is 6. The van der Waals surface area contributed by atoms with E-state index in [0.29, 0.717) is 0 Å². The van der Waals surface area contributed by atoms with E-state index >= 15 is 0 Å². The molecule has 6 aromatic carbocycles. The van der Waals surface area contributed by atoms with Crippen LogP contribution in [0.4, 0.5) is 0 Å². The van der Waals surface area contributed by atoms with Gasteiger partial charge in [-0.3, -0.25) is 0 Å². The minimum absolute atomic E-state index is 0.115. The second-order valence-corrected chi connectivity index (χ2v) is 34.7. The molecule has 0 saturated heterocycles. The maximum absolute atomic E-state index is 2.86. The van der Waals surface area contributed by atoms with Crippen molar-refractivity contribution < 1.29 is 0 Å². The highest BCUT2D eigenvalue weighted by atomic mass is 28.3. The summed E-state index contributed by atoms with van der Waals surface area (Å²) < 4.78 is 0. The lowest BCUT2D eigenvalue weighted by molar-refractivity contribution is 0.214. The van der Waals surface area contributed by atoms with E-state index in [-0.39, 0.29) is 48.7 Å². The molecular weight excluding hydrogens is 869 g/mol. The van der Waals surface area contributed by atoms with Crippen LogP contribution in [0.15, 0.2) is 127 Å². The average molecular weight is 960 g/mol. The van der Waals surface area contributed by atoms with E-state index in [9.17, 15) is 0 Å². The maximum atomic E-state index is 2.79. The first kappa shape index (κ1) is 51.4. The van der Waals surface area contributed by atoms with Gasteiger partial charge < -0.3 is 0 Å². The van der Waals surface area contributed by atoms with Gasteiger partial charge in [-0.15, -0.1) is 0 Å². The van der Waals surface area contributed by atoms with Crippen LogP contribution in [0, 0.1) is 32.5 Å². The highest BCUT2D eigenvalue weighted by molar-refractivity contribution is 7.10. The Morgan fingerprint density at radius 2 is 0.465 bits per heavy atom. The number of hydrogen-bond acceptors (Lipinski definition) is 0. The smallest absolute Gasteiger partial charge is 0.0619 e. The van der Waals surface area contributed by atoms with Crippen LogP contribution in [-0.2, 0) is 16.2 Å². The van der Waals surface area contributed by atoms with E-state index in [4.69, 9.17) is 0 Å². The van der Waals surface area contributed by atoms with E-state index in [2.05, 4.69) is 259 Å². The molecule has 71 heavy (non-hydrogen) atoms. The van der Waals surface area contributed by atoms with Gasteiger partial charge in [0, 0.05) is 16.2 Å². The summed E-state index contributed by atoms with van der Waals surface area (Å²) in [7, 11) is -2.86. The van der Waals surface area contributed by atoms with Crippen LogP contribution in [-0.4, -0.2) is 8.07 Å². The Balaban J connectivity index is 1.39. The molecule has 0 aliphatic heterocycles. The highest BCUT2D eigenvalue weighted by Gasteiger charge is 2.52. The zero-order chi connectivity index (χ0) is 51.8. The van der Waals surface area contributed by atoms with Crippen molar-refractivity contribution in [2.24, 2.45) is 32.5 Å². The molecular formula is C70H90Si. The van der Waals surface area contributed by atoms with Gasteiger partial charge in [0.05, 0.1) is 0 Å². The van der Waals surface area contributed by atoms with Gasteiger partial charge in [-0.25, -0.2) is 0 Å². The Morgan fingerprint density at radius 1 is 0.268 bits per heavy atom. The maximum Gasteiger partial charge on any atom is 0.145 e. The second-order valence-electron chi connectivity index (χ2n) is 30.7. The SMILES string of the molecule is CC(C)(C)CC1(CC(C)(C)C)c2ccccc2-c2ccc([Si](C)(c3ccc4c(c3)C(CC(C)(C)C)(CC(C)(C)C)c3ccccc3-4)c3ccc4c(c3)C(CC(C)(C)C)(CC(C)(C)C)c3ccccc3-4)cc21. The highest BCUT2D eigenvalue weighted by Crippen LogP contribution is 2.61. The van der Waals surface area contributed by atoms with Gasteiger partial charge >= 0.3 is 0 Å². The van der Waals surface area contributed by atoms with Gasteiger partial charge in [-0.05, 0) is 153 Å². The van der Waals surface area contributed by atoms with Crippen molar-refractivity contribution in [1.82, 2.24) is 0 Å². The molecule has 3 aliphatic rings. The van der Waals surface area contributed by atoms with Gasteiger partial charge in [0.15, 0.2) is 0 Å². The molecule has 0 nitrogen and oxygen atoms in total. The standard InChI is InChI=1S/C70H90Si/c1-62(2,3)41-68(42-63(4,5)6)56-29-23-20-26-50(56)53-35-32-47(38-59(53)68)71(19,48-33-36-54-51-27-21-24-30-57(51)69(60(54)39-48,43-64(7,8)9)44-65(10,11)12)49-34-37-55-52-28-22-25-31-58(52)70(61(55)40-49,45-66(13,14)15)46-67(16,17)18/h20-40H,41-46H2,1-19H3. The first-order valence-corrected chi connectivity index (χ1v) is 29.9. The zero-order valence-electron chi connectivity index (χ0n) is 47.9. The van der Waals surface area contributed by atoms with E-state index in [1.807, 2.05) is 0 Å². The monoisotopic (exact) mass is 959 g/mol. The van der Waals surface area contributed by atoms with Crippen molar-refractivity contribution in [3.8, 4) is 33.4 Å². The Kier molecular flexibility index (Phi) is 12.2. The molecule has 3 aliphatic carbocycles. The van der Waals surface area contributed by atoms with E-state index in [0.717, 1.165) is 38.5 Å². The van der Waals surface area contributed by atoms with Crippen LogP contribution in [0.5, 0.6) is 0 Å². The van der Waals surface area contributed by atoms with Crippen LogP contribution < -0.4 is 15.6 Å². The molecule has 0 N–H and O–H groups in total.